The molecule has 0 spiro atoms. The van der Waals surface area contributed by atoms with Crippen LogP contribution in [0.15, 0.2) is 0 Å². The summed E-state index contributed by atoms with van der Waals surface area (Å²) in [5, 5.41) is 13.6. The van der Waals surface area contributed by atoms with E-state index < -0.39 is 5.97 Å². The lowest BCUT2D eigenvalue weighted by Crippen LogP contribution is -2.27. The molecule has 3 rings (SSSR count). The zero-order chi connectivity index (χ0) is 13.2. The minimum atomic E-state index is -0.716. The molecule has 0 aromatic carbocycles. The molecule has 0 aliphatic carbocycles. The smallest absolute Gasteiger partial charge is 0.308 e. The Morgan fingerprint density at radius 1 is 1.47 bits per heavy atom. The van der Waals surface area contributed by atoms with Gasteiger partial charge in [0.2, 0.25) is 0 Å². The van der Waals surface area contributed by atoms with Crippen molar-refractivity contribution in [1.29, 1.82) is 0 Å². The summed E-state index contributed by atoms with van der Waals surface area (Å²) in [6.07, 6.45) is 4.94. The molecule has 1 aromatic rings. The molecule has 19 heavy (non-hydrogen) atoms. The molecule has 0 bridgehead atoms. The van der Waals surface area contributed by atoms with Gasteiger partial charge < -0.3 is 5.11 Å². The van der Waals surface area contributed by atoms with Gasteiger partial charge in [0.25, 0.3) is 0 Å². The average Bonchev–Trinajstić information content (AvgIpc) is 2.80. The van der Waals surface area contributed by atoms with E-state index in [1.165, 1.54) is 24.3 Å². The van der Waals surface area contributed by atoms with Gasteiger partial charge in [-0.15, -0.1) is 0 Å². The van der Waals surface area contributed by atoms with E-state index in [-0.39, 0.29) is 5.92 Å². The molecule has 2 unspecified atom stereocenters. The largest absolute Gasteiger partial charge is 0.481 e. The van der Waals surface area contributed by atoms with Crippen molar-refractivity contribution in [3.8, 4) is 0 Å². The monoisotopic (exact) mass is 281 g/mol. The summed E-state index contributed by atoms with van der Waals surface area (Å²) in [5.74, 6) is 4.05. The minimum absolute atomic E-state index is 0.299. The van der Waals surface area contributed by atoms with Crippen LogP contribution in [0.5, 0.6) is 0 Å². The summed E-state index contributed by atoms with van der Waals surface area (Å²) in [6, 6.07) is 0. The second kappa shape index (κ2) is 5.53. The van der Waals surface area contributed by atoms with Crippen LogP contribution in [0.3, 0.4) is 0 Å². The molecule has 1 fully saturated rings. The minimum Gasteiger partial charge on any atom is -0.481 e. The summed E-state index contributed by atoms with van der Waals surface area (Å²) in [5.41, 5.74) is 0. The second-order valence-electron chi connectivity index (χ2n) is 5.49. The van der Waals surface area contributed by atoms with Crippen molar-refractivity contribution in [1.82, 2.24) is 14.8 Å². The Balaban J connectivity index is 1.67. The predicted octanol–water partition coefficient (Wildman–Crippen LogP) is 1.61. The van der Waals surface area contributed by atoms with Gasteiger partial charge in [-0.2, -0.15) is 16.9 Å². The van der Waals surface area contributed by atoms with E-state index in [0.717, 1.165) is 24.5 Å². The molecule has 1 aromatic heterocycles. The summed E-state index contributed by atoms with van der Waals surface area (Å²) in [7, 11) is 0. The van der Waals surface area contributed by atoms with E-state index >= 15 is 0 Å². The number of hydrogen-bond donors (Lipinski definition) is 1. The number of nitrogens with zero attached hydrogens (tertiary/aromatic N) is 3. The van der Waals surface area contributed by atoms with Crippen molar-refractivity contribution in [2.75, 3.05) is 11.5 Å². The molecule has 6 heteroatoms. The van der Waals surface area contributed by atoms with Gasteiger partial charge in [0.1, 0.15) is 5.82 Å². The van der Waals surface area contributed by atoms with Crippen LogP contribution in [0.2, 0.25) is 0 Å². The van der Waals surface area contributed by atoms with Gasteiger partial charge in [-0.3, -0.25) is 4.79 Å². The van der Waals surface area contributed by atoms with Crippen molar-refractivity contribution in [3.63, 3.8) is 0 Å². The summed E-state index contributed by atoms with van der Waals surface area (Å²) < 4.78 is 1.81. The highest BCUT2D eigenvalue weighted by Gasteiger charge is 2.27. The topological polar surface area (TPSA) is 68.0 Å². The fourth-order valence-electron chi connectivity index (χ4n) is 2.88. The number of thioether (sulfide) groups is 1. The zero-order valence-corrected chi connectivity index (χ0v) is 11.7. The molecule has 0 amide bonds. The first-order valence-electron chi connectivity index (χ1n) is 6.95. The van der Waals surface area contributed by atoms with Crippen molar-refractivity contribution >= 4 is 17.7 Å². The average molecular weight is 281 g/mol. The molecular weight excluding hydrogens is 262 g/mol. The fourth-order valence-corrected chi connectivity index (χ4v) is 4.03. The quantitative estimate of drug-likeness (QED) is 0.911. The van der Waals surface area contributed by atoms with Crippen molar-refractivity contribution in [2.24, 2.45) is 11.8 Å². The molecule has 2 aliphatic heterocycles. The third-order valence-electron chi connectivity index (χ3n) is 3.98. The molecule has 3 heterocycles. The summed E-state index contributed by atoms with van der Waals surface area (Å²) in [4.78, 5) is 15.6. The van der Waals surface area contributed by atoms with Crippen LogP contribution >= 0.6 is 11.8 Å². The maximum Gasteiger partial charge on any atom is 0.308 e. The Bertz CT molecular complexity index is 468. The highest BCUT2D eigenvalue weighted by Crippen LogP contribution is 2.26. The zero-order valence-electron chi connectivity index (χ0n) is 10.9. The summed E-state index contributed by atoms with van der Waals surface area (Å²) in [6.45, 7) is 0.483. The molecule has 104 valence electrons. The number of fused-ring (bicyclic) bond motifs is 1. The van der Waals surface area contributed by atoms with E-state index in [1.54, 1.807) is 0 Å². The first kappa shape index (κ1) is 13.0. The van der Waals surface area contributed by atoms with E-state index in [0.29, 0.717) is 18.9 Å². The van der Waals surface area contributed by atoms with Crippen LogP contribution < -0.4 is 0 Å². The Labute approximate surface area is 116 Å². The third kappa shape index (κ3) is 2.94. The molecule has 2 atom stereocenters. The number of aromatic nitrogens is 3. The first-order valence-corrected chi connectivity index (χ1v) is 8.11. The lowest BCUT2D eigenvalue weighted by molar-refractivity contribution is -0.142. The maximum absolute atomic E-state index is 11.0. The Kier molecular flexibility index (Phi) is 3.77. The molecular formula is C13H19N3O2S. The molecule has 1 saturated heterocycles. The van der Waals surface area contributed by atoms with Crippen LogP contribution in [0.25, 0.3) is 0 Å². The van der Waals surface area contributed by atoms with Crippen LogP contribution in [-0.4, -0.2) is 37.3 Å². The Hall–Kier alpha value is -1.04. The number of aliphatic carboxylic acids is 1. The van der Waals surface area contributed by atoms with Crippen molar-refractivity contribution in [3.05, 3.63) is 11.6 Å². The highest BCUT2D eigenvalue weighted by atomic mass is 32.2. The number of carboxylic acid groups (broad SMARTS) is 1. The number of hydrogen-bond acceptors (Lipinski definition) is 4. The van der Waals surface area contributed by atoms with Gasteiger partial charge >= 0.3 is 5.97 Å². The molecule has 0 radical (unpaired) electrons. The Morgan fingerprint density at radius 2 is 2.37 bits per heavy atom. The van der Waals surface area contributed by atoms with Gasteiger partial charge in [0, 0.05) is 12.8 Å². The van der Waals surface area contributed by atoms with Crippen LogP contribution in [-0.2, 0) is 24.2 Å². The number of carbonyl (C=O) groups is 1. The van der Waals surface area contributed by atoms with Gasteiger partial charge in [0.15, 0.2) is 5.82 Å². The van der Waals surface area contributed by atoms with Gasteiger partial charge in [-0.05, 0) is 36.7 Å². The first-order chi connectivity index (χ1) is 9.22. The van der Waals surface area contributed by atoms with Gasteiger partial charge in [-0.25, -0.2) is 9.67 Å². The Morgan fingerprint density at radius 3 is 3.11 bits per heavy atom. The normalized spacial score (nSPS) is 26.9. The number of rotatable bonds is 3. The van der Waals surface area contributed by atoms with Crippen molar-refractivity contribution < 1.29 is 9.90 Å². The lowest BCUT2D eigenvalue weighted by atomic mass is 10.0. The third-order valence-corrected chi connectivity index (χ3v) is 5.26. The molecule has 0 saturated carbocycles. The predicted molar refractivity (Wildman–Crippen MR) is 73.2 cm³/mol. The second-order valence-corrected chi connectivity index (χ2v) is 6.64. The number of carboxylic acids is 1. The van der Waals surface area contributed by atoms with E-state index in [4.69, 9.17) is 5.11 Å². The van der Waals surface area contributed by atoms with Gasteiger partial charge in [-0.1, -0.05) is 0 Å². The lowest BCUT2D eigenvalue weighted by Gasteiger charge is -2.19. The standard InChI is InChI=1S/C13H19N3O2S/c17-13(18)10-3-4-12-14-11(15-16(12)7-10)6-9-2-1-5-19-8-9/h9-10H,1-8H2,(H,17,18). The molecule has 1 N–H and O–H groups in total. The van der Waals surface area contributed by atoms with Crippen LogP contribution in [0.4, 0.5) is 0 Å². The van der Waals surface area contributed by atoms with Crippen LogP contribution in [0, 0.1) is 11.8 Å². The highest BCUT2D eigenvalue weighted by molar-refractivity contribution is 7.99. The van der Waals surface area contributed by atoms with E-state index in [1.807, 2.05) is 16.4 Å². The fraction of sp³-hybridized carbons (Fsp3) is 0.769. The number of aryl methyl sites for hydroxylation is 1. The SMILES string of the molecule is O=C(O)C1CCc2nc(CC3CCCSC3)nn2C1. The maximum atomic E-state index is 11.0. The van der Waals surface area contributed by atoms with Gasteiger partial charge in [0.05, 0.1) is 12.5 Å². The molecule has 2 aliphatic rings. The van der Waals surface area contributed by atoms with E-state index in [2.05, 4.69) is 10.1 Å². The molecule has 5 nitrogen and oxygen atoms in total. The van der Waals surface area contributed by atoms with Crippen molar-refractivity contribution in [2.45, 2.75) is 38.6 Å². The summed E-state index contributed by atoms with van der Waals surface area (Å²) >= 11 is 2.02. The van der Waals surface area contributed by atoms with E-state index in [9.17, 15) is 4.79 Å². The van der Waals surface area contributed by atoms with Crippen LogP contribution in [0.1, 0.15) is 30.9 Å².